The topological polar surface area (TPSA) is 29.3 Å². The van der Waals surface area contributed by atoms with Crippen LogP contribution in [0.5, 0.6) is 0 Å². The first kappa shape index (κ1) is 8.51. The third-order valence-electron chi connectivity index (χ3n) is 2.40. The van der Waals surface area contributed by atoms with Crippen molar-refractivity contribution in [2.24, 2.45) is 5.73 Å². The standard InChI is InChI=1S/C10H13FN2/c11-8-2-1-3-10(6-8)13-5-4-9(12)7-13/h1-3,6,9H,4-5,7,12H2/t9-/m0/s1. The molecule has 3 heteroatoms. The van der Waals surface area contributed by atoms with Crippen LogP contribution in [-0.4, -0.2) is 19.1 Å². The molecule has 0 aromatic heterocycles. The van der Waals surface area contributed by atoms with E-state index in [1.807, 2.05) is 6.07 Å². The van der Waals surface area contributed by atoms with E-state index in [2.05, 4.69) is 4.90 Å². The van der Waals surface area contributed by atoms with Crippen LogP contribution in [-0.2, 0) is 0 Å². The molecular formula is C10H13FN2. The van der Waals surface area contributed by atoms with Crippen molar-refractivity contribution in [2.45, 2.75) is 12.5 Å². The van der Waals surface area contributed by atoms with Crippen LogP contribution in [0.15, 0.2) is 24.3 Å². The number of anilines is 1. The smallest absolute Gasteiger partial charge is 0.125 e. The van der Waals surface area contributed by atoms with Crippen molar-refractivity contribution in [3.8, 4) is 0 Å². The molecule has 1 fully saturated rings. The Kier molecular flexibility index (Phi) is 2.19. The lowest BCUT2D eigenvalue weighted by Gasteiger charge is -2.17. The summed E-state index contributed by atoms with van der Waals surface area (Å²) < 4.78 is 12.9. The Hall–Kier alpha value is -1.09. The average molecular weight is 180 g/mol. The first-order chi connectivity index (χ1) is 6.25. The Morgan fingerprint density at radius 1 is 1.46 bits per heavy atom. The molecule has 1 saturated heterocycles. The fraction of sp³-hybridized carbons (Fsp3) is 0.400. The van der Waals surface area contributed by atoms with Crippen LogP contribution in [0.1, 0.15) is 6.42 Å². The van der Waals surface area contributed by atoms with Gasteiger partial charge in [-0.3, -0.25) is 0 Å². The highest BCUT2D eigenvalue weighted by molar-refractivity contribution is 5.47. The van der Waals surface area contributed by atoms with Gasteiger partial charge in [-0.15, -0.1) is 0 Å². The highest BCUT2D eigenvalue weighted by Gasteiger charge is 2.19. The second-order valence-corrected chi connectivity index (χ2v) is 3.47. The molecule has 0 aliphatic carbocycles. The van der Waals surface area contributed by atoms with Gasteiger partial charge in [0, 0.05) is 24.8 Å². The van der Waals surface area contributed by atoms with Gasteiger partial charge in [0.2, 0.25) is 0 Å². The third-order valence-corrected chi connectivity index (χ3v) is 2.40. The summed E-state index contributed by atoms with van der Waals surface area (Å²) in [6, 6.07) is 6.90. The van der Waals surface area contributed by atoms with E-state index in [1.54, 1.807) is 12.1 Å². The third kappa shape index (κ3) is 1.80. The second kappa shape index (κ2) is 3.34. The van der Waals surface area contributed by atoms with Crippen LogP contribution in [0.3, 0.4) is 0 Å². The van der Waals surface area contributed by atoms with Crippen molar-refractivity contribution in [3.05, 3.63) is 30.1 Å². The summed E-state index contributed by atoms with van der Waals surface area (Å²) in [6.45, 7) is 1.77. The molecule has 13 heavy (non-hydrogen) atoms. The van der Waals surface area contributed by atoms with Crippen LogP contribution < -0.4 is 10.6 Å². The molecule has 0 amide bonds. The Morgan fingerprint density at radius 2 is 2.31 bits per heavy atom. The van der Waals surface area contributed by atoms with Crippen LogP contribution in [0.4, 0.5) is 10.1 Å². The second-order valence-electron chi connectivity index (χ2n) is 3.47. The molecule has 1 atom stereocenters. The lowest BCUT2D eigenvalue weighted by atomic mass is 10.3. The first-order valence-electron chi connectivity index (χ1n) is 4.52. The van der Waals surface area contributed by atoms with Gasteiger partial charge in [-0.25, -0.2) is 4.39 Å². The SMILES string of the molecule is N[C@H]1CCN(c2cccc(F)c2)C1. The maximum Gasteiger partial charge on any atom is 0.125 e. The fourth-order valence-electron chi connectivity index (χ4n) is 1.69. The maximum atomic E-state index is 12.9. The van der Waals surface area contributed by atoms with Crippen LogP contribution in [0, 0.1) is 5.82 Å². The van der Waals surface area contributed by atoms with Gasteiger partial charge >= 0.3 is 0 Å². The van der Waals surface area contributed by atoms with Gasteiger partial charge in [0.15, 0.2) is 0 Å². The maximum absolute atomic E-state index is 12.9. The Bertz CT molecular complexity index is 301. The molecule has 0 radical (unpaired) electrons. The Labute approximate surface area is 77.2 Å². The molecule has 0 unspecified atom stereocenters. The zero-order valence-electron chi connectivity index (χ0n) is 7.41. The quantitative estimate of drug-likeness (QED) is 0.707. The number of halogens is 1. The molecule has 70 valence electrons. The van der Waals surface area contributed by atoms with Crippen molar-refractivity contribution in [1.82, 2.24) is 0 Å². The minimum atomic E-state index is -0.182. The number of nitrogens with zero attached hydrogens (tertiary/aromatic N) is 1. The number of rotatable bonds is 1. The van der Waals surface area contributed by atoms with E-state index in [-0.39, 0.29) is 11.9 Å². The normalized spacial score (nSPS) is 22.3. The number of benzene rings is 1. The van der Waals surface area contributed by atoms with Gasteiger partial charge in [0.25, 0.3) is 0 Å². The molecule has 0 bridgehead atoms. The largest absolute Gasteiger partial charge is 0.370 e. The highest BCUT2D eigenvalue weighted by atomic mass is 19.1. The minimum absolute atomic E-state index is 0.182. The molecule has 2 nitrogen and oxygen atoms in total. The van der Waals surface area contributed by atoms with Gasteiger partial charge in [-0.2, -0.15) is 0 Å². The van der Waals surface area contributed by atoms with Gasteiger partial charge in [0.05, 0.1) is 0 Å². The van der Waals surface area contributed by atoms with E-state index in [4.69, 9.17) is 5.73 Å². The van der Waals surface area contributed by atoms with Gasteiger partial charge in [0.1, 0.15) is 5.82 Å². The first-order valence-corrected chi connectivity index (χ1v) is 4.52. The van der Waals surface area contributed by atoms with Crippen LogP contribution in [0.2, 0.25) is 0 Å². The van der Waals surface area contributed by atoms with Crippen LogP contribution >= 0.6 is 0 Å². The number of nitrogens with two attached hydrogens (primary N) is 1. The molecular weight excluding hydrogens is 167 g/mol. The highest BCUT2D eigenvalue weighted by Crippen LogP contribution is 2.19. The van der Waals surface area contributed by atoms with Gasteiger partial charge in [-0.1, -0.05) is 6.07 Å². The summed E-state index contributed by atoms with van der Waals surface area (Å²) in [5.74, 6) is -0.182. The average Bonchev–Trinajstić information content (AvgIpc) is 2.52. The van der Waals surface area contributed by atoms with E-state index in [0.29, 0.717) is 0 Å². The Balaban J connectivity index is 2.16. The predicted molar refractivity (Wildman–Crippen MR) is 51.2 cm³/mol. The van der Waals surface area contributed by atoms with Gasteiger partial charge < -0.3 is 10.6 Å². The van der Waals surface area contributed by atoms with Crippen molar-refractivity contribution in [1.29, 1.82) is 0 Å². The molecule has 0 saturated carbocycles. The van der Waals surface area contributed by atoms with E-state index in [9.17, 15) is 4.39 Å². The molecule has 1 aromatic rings. The predicted octanol–water partition coefficient (Wildman–Crippen LogP) is 1.36. The molecule has 1 aliphatic heterocycles. The summed E-state index contributed by atoms with van der Waals surface area (Å²) in [5.41, 5.74) is 6.70. The van der Waals surface area contributed by atoms with Crippen molar-refractivity contribution < 1.29 is 4.39 Å². The summed E-state index contributed by atoms with van der Waals surface area (Å²) in [5, 5.41) is 0. The van der Waals surface area contributed by atoms with E-state index >= 15 is 0 Å². The van der Waals surface area contributed by atoms with E-state index < -0.39 is 0 Å². The monoisotopic (exact) mass is 180 g/mol. The number of hydrogen-bond donors (Lipinski definition) is 1. The molecule has 0 spiro atoms. The summed E-state index contributed by atoms with van der Waals surface area (Å²) in [7, 11) is 0. The minimum Gasteiger partial charge on any atom is -0.370 e. The lowest BCUT2D eigenvalue weighted by Crippen LogP contribution is -2.26. The number of hydrogen-bond acceptors (Lipinski definition) is 2. The summed E-state index contributed by atoms with van der Waals surface area (Å²) in [6.07, 6.45) is 0.997. The van der Waals surface area contributed by atoms with Crippen molar-refractivity contribution in [2.75, 3.05) is 18.0 Å². The van der Waals surface area contributed by atoms with E-state index in [1.165, 1.54) is 6.07 Å². The van der Waals surface area contributed by atoms with Crippen LogP contribution in [0.25, 0.3) is 0 Å². The molecule has 1 aliphatic rings. The van der Waals surface area contributed by atoms with Gasteiger partial charge in [-0.05, 0) is 24.6 Å². The fourth-order valence-corrected chi connectivity index (χ4v) is 1.69. The molecule has 2 rings (SSSR count). The zero-order valence-corrected chi connectivity index (χ0v) is 7.41. The van der Waals surface area contributed by atoms with Crippen molar-refractivity contribution >= 4 is 5.69 Å². The molecule has 2 N–H and O–H groups in total. The summed E-state index contributed by atoms with van der Waals surface area (Å²) >= 11 is 0. The lowest BCUT2D eigenvalue weighted by molar-refractivity contribution is 0.627. The zero-order chi connectivity index (χ0) is 9.26. The molecule has 1 aromatic carbocycles. The van der Waals surface area contributed by atoms with E-state index in [0.717, 1.165) is 25.2 Å². The van der Waals surface area contributed by atoms with Crippen molar-refractivity contribution in [3.63, 3.8) is 0 Å². The molecule has 1 heterocycles. The Morgan fingerprint density at radius 3 is 2.92 bits per heavy atom. The summed E-state index contributed by atoms with van der Waals surface area (Å²) in [4.78, 5) is 2.12.